The van der Waals surface area contributed by atoms with Crippen LogP contribution in [0.1, 0.15) is 44.7 Å². The Hall–Kier alpha value is -3.61. The molecule has 0 saturated carbocycles. The van der Waals surface area contributed by atoms with Crippen molar-refractivity contribution in [1.82, 2.24) is 15.1 Å². The van der Waals surface area contributed by atoms with Gasteiger partial charge in [-0.2, -0.15) is 4.68 Å². The summed E-state index contributed by atoms with van der Waals surface area (Å²) in [5.74, 6) is 1.65. The zero-order chi connectivity index (χ0) is 24.8. The van der Waals surface area contributed by atoms with E-state index in [1.54, 1.807) is 12.1 Å². The molecule has 0 aliphatic carbocycles. The van der Waals surface area contributed by atoms with Crippen LogP contribution in [0.5, 0.6) is 5.75 Å². The molecule has 2 heterocycles. The van der Waals surface area contributed by atoms with E-state index < -0.39 is 0 Å². The lowest BCUT2D eigenvalue weighted by molar-refractivity contribution is -0.125. The van der Waals surface area contributed by atoms with Crippen LogP contribution in [0, 0.1) is 5.92 Å². The maximum Gasteiger partial charge on any atom is 0.271 e. The summed E-state index contributed by atoms with van der Waals surface area (Å²) in [6.45, 7) is 8.04. The van der Waals surface area contributed by atoms with Gasteiger partial charge in [-0.15, -0.1) is 5.10 Å². The van der Waals surface area contributed by atoms with Gasteiger partial charge in [-0.05, 0) is 74.6 Å². The SMILES string of the molecule is CCc1ccc(-n2nc(N3CCC(C(=O)NCc4ccc(OC(C)C)cc4)CC3)ccc2=O)cc1. The van der Waals surface area contributed by atoms with E-state index in [1.165, 1.54) is 10.2 Å². The first-order chi connectivity index (χ1) is 16.9. The van der Waals surface area contributed by atoms with Crippen LogP contribution in [0.4, 0.5) is 5.82 Å². The summed E-state index contributed by atoms with van der Waals surface area (Å²) in [6.07, 6.45) is 2.58. The predicted octanol–water partition coefficient (Wildman–Crippen LogP) is 4.11. The molecule has 1 aliphatic heterocycles. The minimum absolute atomic E-state index is 0.0257. The fourth-order valence-corrected chi connectivity index (χ4v) is 4.29. The van der Waals surface area contributed by atoms with Crippen LogP contribution in [0.2, 0.25) is 0 Å². The second kappa shape index (κ2) is 11.2. The van der Waals surface area contributed by atoms with Gasteiger partial charge < -0.3 is 15.0 Å². The van der Waals surface area contributed by atoms with Crippen LogP contribution < -0.4 is 20.5 Å². The van der Waals surface area contributed by atoms with Gasteiger partial charge in [-0.3, -0.25) is 9.59 Å². The smallest absolute Gasteiger partial charge is 0.271 e. The van der Waals surface area contributed by atoms with Gasteiger partial charge in [0, 0.05) is 31.6 Å². The average molecular weight is 475 g/mol. The number of ether oxygens (including phenoxy) is 1. The van der Waals surface area contributed by atoms with Gasteiger partial charge in [0.15, 0.2) is 0 Å². The number of hydrogen-bond acceptors (Lipinski definition) is 5. The van der Waals surface area contributed by atoms with E-state index in [4.69, 9.17) is 4.74 Å². The number of anilines is 1. The molecule has 1 aliphatic rings. The third-order valence-corrected chi connectivity index (χ3v) is 6.33. The largest absolute Gasteiger partial charge is 0.491 e. The van der Waals surface area contributed by atoms with Crippen molar-refractivity contribution in [1.29, 1.82) is 0 Å². The minimum Gasteiger partial charge on any atom is -0.491 e. The highest BCUT2D eigenvalue weighted by Gasteiger charge is 2.26. The summed E-state index contributed by atoms with van der Waals surface area (Å²) in [7, 11) is 0. The van der Waals surface area contributed by atoms with Crippen molar-refractivity contribution < 1.29 is 9.53 Å². The molecule has 7 nitrogen and oxygen atoms in total. The second-order valence-corrected chi connectivity index (χ2v) is 9.25. The molecule has 0 spiro atoms. The lowest BCUT2D eigenvalue weighted by Gasteiger charge is -2.32. The number of amides is 1. The second-order valence-electron chi connectivity index (χ2n) is 9.25. The molecular formula is C28H34N4O3. The van der Waals surface area contributed by atoms with E-state index in [2.05, 4.69) is 22.2 Å². The molecule has 3 aromatic rings. The molecule has 2 aromatic carbocycles. The van der Waals surface area contributed by atoms with Crippen molar-refractivity contribution in [2.75, 3.05) is 18.0 Å². The maximum absolute atomic E-state index is 12.7. The monoisotopic (exact) mass is 474 g/mol. The highest BCUT2D eigenvalue weighted by Crippen LogP contribution is 2.22. The van der Waals surface area contributed by atoms with Gasteiger partial charge in [-0.25, -0.2) is 0 Å². The number of rotatable bonds is 8. The number of carbonyl (C=O) groups excluding carboxylic acids is 1. The molecule has 7 heteroatoms. The highest BCUT2D eigenvalue weighted by molar-refractivity contribution is 5.79. The lowest BCUT2D eigenvalue weighted by atomic mass is 9.96. The molecule has 0 bridgehead atoms. The average Bonchev–Trinajstić information content (AvgIpc) is 2.88. The molecule has 4 rings (SSSR count). The molecule has 1 saturated heterocycles. The number of nitrogens with zero attached hydrogens (tertiary/aromatic N) is 3. The molecule has 1 fully saturated rings. The molecule has 35 heavy (non-hydrogen) atoms. The number of carbonyl (C=O) groups is 1. The van der Waals surface area contributed by atoms with E-state index in [1.807, 2.05) is 62.4 Å². The summed E-state index contributed by atoms with van der Waals surface area (Å²) < 4.78 is 7.12. The van der Waals surface area contributed by atoms with Crippen molar-refractivity contribution in [3.63, 3.8) is 0 Å². The molecule has 0 atom stereocenters. The van der Waals surface area contributed by atoms with Gasteiger partial charge in [0.25, 0.3) is 5.56 Å². The number of hydrogen-bond donors (Lipinski definition) is 1. The van der Waals surface area contributed by atoms with Gasteiger partial charge in [-0.1, -0.05) is 31.2 Å². The van der Waals surface area contributed by atoms with Crippen LogP contribution in [0.3, 0.4) is 0 Å². The van der Waals surface area contributed by atoms with E-state index in [0.717, 1.165) is 55.2 Å². The van der Waals surface area contributed by atoms with E-state index in [-0.39, 0.29) is 23.5 Å². The van der Waals surface area contributed by atoms with E-state index in [0.29, 0.717) is 6.54 Å². The van der Waals surface area contributed by atoms with Crippen molar-refractivity contribution in [3.8, 4) is 11.4 Å². The normalized spacial score (nSPS) is 14.2. The third kappa shape index (κ3) is 6.29. The van der Waals surface area contributed by atoms with Crippen molar-refractivity contribution >= 4 is 11.7 Å². The Balaban J connectivity index is 1.32. The van der Waals surface area contributed by atoms with E-state index in [9.17, 15) is 9.59 Å². The number of nitrogens with one attached hydrogen (secondary N) is 1. The summed E-state index contributed by atoms with van der Waals surface area (Å²) in [4.78, 5) is 27.3. The molecule has 1 aromatic heterocycles. The first-order valence-electron chi connectivity index (χ1n) is 12.4. The fourth-order valence-electron chi connectivity index (χ4n) is 4.29. The quantitative estimate of drug-likeness (QED) is 0.532. The maximum atomic E-state index is 12.7. The van der Waals surface area contributed by atoms with Crippen LogP contribution in [0.15, 0.2) is 65.5 Å². The van der Waals surface area contributed by atoms with Crippen LogP contribution >= 0.6 is 0 Å². The zero-order valence-electron chi connectivity index (χ0n) is 20.7. The Morgan fingerprint density at radius 3 is 2.29 bits per heavy atom. The fraction of sp³-hybridized carbons (Fsp3) is 0.393. The van der Waals surface area contributed by atoms with Crippen LogP contribution in [-0.4, -0.2) is 34.9 Å². The Bertz CT molecular complexity index is 1180. The van der Waals surface area contributed by atoms with E-state index >= 15 is 0 Å². The van der Waals surface area contributed by atoms with Gasteiger partial charge in [0.1, 0.15) is 11.6 Å². The third-order valence-electron chi connectivity index (χ3n) is 6.33. The molecule has 1 N–H and O–H groups in total. The van der Waals surface area contributed by atoms with Crippen molar-refractivity contribution in [2.45, 2.75) is 52.7 Å². The number of aryl methyl sites for hydroxylation is 1. The predicted molar refractivity (Wildman–Crippen MR) is 138 cm³/mol. The number of aromatic nitrogens is 2. The lowest BCUT2D eigenvalue weighted by Crippen LogP contribution is -2.41. The summed E-state index contributed by atoms with van der Waals surface area (Å²) in [5.41, 5.74) is 2.86. The first kappa shape index (κ1) is 24.5. The Kier molecular flexibility index (Phi) is 7.85. The number of piperidine rings is 1. The van der Waals surface area contributed by atoms with Crippen LogP contribution in [-0.2, 0) is 17.8 Å². The highest BCUT2D eigenvalue weighted by atomic mass is 16.5. The number of benzene rings is 2. The topological polar surface area (TPSA) is 76.5 Å². The van der Waals surface area contributed by atoms with Crippen molar-refractivity contribution in [3.05, 3.63) is 82.1 Å². The standard InChI is InChI=1S/C28H34N4O3/c1-4-21-5-9-24(10-6-21)32-27(33)14-13-26(30-32)31-17-15-23(16-18-31)28(34)29-19-22-7-11-25(12-8-22)35-20(2)3/h5-14,20,23H,4,15-19H2,1-3H3,(H,29,34). The zero-order valence-corrected chi connectivity index (χ0v) is 20.7. The molecular weight excluding hydrogens is 440 g/mol. The van der Waals surface area contributed by atoms with Crippen molar-refractivity contribution in [2.24, 2.45) is 5.92 Å². The Morgan fingerprint density at radius 1 is 1.00 bits per heavy atom. The van der Waals surface area contributed by atoms with Gasteiger partial charge >= 0.3 is 0 Å². The molecule has 0 unspecified atom stereocenters. The Morgan fingerprint density at radius 2 is 1.66 bits per heavy atom. The molecule has 1 amide bonds. The summed E-state index contributed by atoms with van der Waals surface area (Å²) in [6, 6.07) is 19.1. The first-order valence-corrected chi connectivity index (χ1v) is 12.4. The molecule has 184 valence electrons. The summed E-state index contributed by atoms with van der Waals surface area (Å²) in [5, 5.41) is 7.68. The van der Waals surface area contributed by atoms with Gasteiger partial charge in [0.05, 0.1) is 11.8 Å². The van der Waals surface area contributed by atoms with Gasteiger partial charge in [0.2, 0.25) is 5.91 Å². The minimum atomic E-state index is -0.156. The van der Waals surface area contributed by atoms with Crippen LogP contribution in [0.25, 0.3) is 5.69 Å². The summed E-state index contributed by atoms with van der Waals surface area (Å²) >= 11 is 0. The Labute approximate surface area is 206 Å². The molecule has 0 radical (unpaired) electrons.